The van der Waals surface area contributed by atoms with Crippen molar-refractivity contribution in [1.29, 1.82) is 0 Å². The largest absolute Gasteiger partial charge is 0.492 e. The van der Waals surface area contributed by atoms with Crippen LogP contribution >= 0.6 is 34.5 Å². The Kier molecular flexibility index (Phi) is 5.31. The summed E-state index contributed by atoms with van der Waals surface area (Å²) in [5.74, 6) is 0.787. The summed E-state index contributed by atoms with van der Waals surface area (Å²) in [6.45, 7) is 8.85. The fourth-order valence-corrected chi connectivity index (χ4v) is 5.04. The molecule has 1 fully saturated rings. The number of hydrogen-bond donors (Lipinski definition) is 1. The molecular formula is C18H21Cl2N5OS. The van der Waals surface area contributed by atoms with Crippen molar-refractivity contribution in [2.45, 2.75) is 19.9 Å². The minimum Gasteiger partial charge on any atom is -0.492 e. The molecule has 1 N–H and O–H groups in total. The fraction of sp³-hybridized carbons (Fsp3) is 0.444. The van der Waals surface area contributed by atoms with Crippen molar-refractivity contribution in [2.75, 3.05) is 32.7 Å². The molecule has 3 aromatic rings. The van der Waals surface area contributed by atoms with E-state index in [1.807, 2.05) is 25.1 Å². The number of aryl methyl sites for hydroxylation is 1. The molecule has 0 radical (unpaired) electrons. The second kappa shape index (κ2) is 7.56. The number of likely N-dealkylation sites (N-methyl/N-ethyl adjacent to an activating group) is 1. The van der Waals surface area contributed by atoms with Gasteiger partial charge in [-0.1, -0.05) is 47.5 Å². The van der Waals surface area contributed by atoms with Gasteiger partial charge in [0.15, 0.2) is 0 Å². The first-order chi connectivity index (χ1) is 13.0. The lowest BCUT2D eigenvalue weighted by Gasteiger charge is -2.38. The van der Waals surface area contributed by atoms with Crippen LogP contribution in [-0.4, -0.2) is 62.2 Å². The first-order valence-electron chi connectivity index (χ1n) is 8.94. The fourth-order valence-electron chi connectivity index (χ4n) is 3.57. The SMILES string of the molecule is CCN1CCN([C@H](c2ccc(Cl)c(Cl)c2)c2sc3nc(C)nn3c2O)CC1. The molecule has 0 bridgehead atoms. The maximum Gasteiger partial charge on any atom is 0.230 e. The van der Waals surface area contributed by atoms with Gasteiger partial charge in [-0.05, 0) is 31.2 Å². The number of piperazine rings is 1. The molecule has 3 heterocycles. The van der Waals surface area contributed by atoms with Crippen molar-refractivity contribution >= 4 is 39.5 Å². The van der Waals surface area contributed by atoms with Gasteiger partial charge in [0.25, 0.3) is 0 Å². The predicted octanol–water partition coefficient (Wildman–Crippen LogP) is 3.84. The molecule has 1 aliphatic rings. The maximum absolute atomic E-state index is 10.9. The van der Waals surface area contributed by atoms with Gasteiger partial charge in [-0.2, -0.15) is 4.52 Å². The van der Waals surface area contributed by atoms with E-state index in [-0.39, 0.29) is 11.9 Å². The minimum atomic E-state index is -0.118. The Morgan fingerprint density at radius 2 is 1.93 bits per heavy atom. The monoisotopic (exact) mass is 425 g/mol. The summed E-state index contributed by atoms with van der Waals surface area (Å²) < 4.78 is 1.52. The summed E-state index contributed by atoms with van der Waals surface area (Å²) in [5, 5.41) is 16.2. The van der Waals surface area contributed by atoms with E-state index < -0.39 is 0 Å². The zero-order chi connectivity index (χ0) is 19.1. The first kappa shape index (κ1) is 19.0. The molecule has 0 unspecified atom stereocenters. The number of halogens is 2. The first-order valence-corrected chi connectivity index (χ1v) is 10.5. The van der Waals surface area contributed by atoms with Crippen molar-refractivity contribution in [3.05, 3.63) is 44.5 Å². The zero-order valence-corrected chi connectivity index (χ0v) is 17.5. The third-order valence-electron chi connectivity index (χ3n) is 5.03. The summed E-state index contributed by atoms with van der Waals surface area (Å²) in [6.07, 6.45) is 0. The van der Waals surface area contributed by atoms with Gasteiger partial charge in [-0.25, -0.2) is 4.98 Å². The van der Waals surface area contributed by atoms with Gasteiger partial charge >= 0.3 is 0 Å². The Bertz CT molecular complexity index is 964. The molecule has 9 heteroatoms. The van der Waals surface area contributed by atoms with E-state index in [4.69, 9.17) is 23.2 Å². The average Bonchev–Trinajstić information content (AvgIpc) is 3.16. The van der Waals surface area contributed by atoms with Crippen LogP contribution in [-0.2, 0) is 0 Å². The molecular weight excluding hydrogens is 405 g/mol. The molecule has 1 aliphatic heterocycles. The molecule has 0 amide bonds. The van der Waals surface area contributed by atoms with Gasteiger partial charge in [0.2, 0.25) is 10.8 Å². The van der Waals surface area contributed by atoms with Crippen molar-refractivity contribution in [3.63, 3.8) is 0 Å². The molecule has 0 saturated carbocycles. The Labute approximate surface area is 171 Å². The number of rotatable bonds is 4. The molecule has 144 valence electrons. The number of aromatic hydroxyl groups is 1. The van der Waals surface area contributed by atoms with Gasteiger partial charge in [-0.3, -0.25) is 4.90 Å². The summed E-state index contributed by atoms with van der Waals surface area (Å²) >= 11 is 13.9. The molecule has 6 nitrogen and oxygen atoms in total. The third-order valence-corrected chi connectivity index (χ3v) is 6.84. The van der Waals surface area contributed by atoms with Crippen LogP contribution in [0.2, 0.25) is 10.0 Å². The van der Waals surface area contributed by atoms with Crippen molar-refractivity contribution < 1.29 is 5.11 Å². The molecule has 1 saturated heterocycles. The molecule has 1 atom stereocenters. The van der Waals surface area contributed by atoms with Crippen LogP contribution in [0.15, 0.2) is 18.2 Å². The van der Waals surface area contributed by atoms with Crippen LogP contribution in [0, 0.1) is 6.92 Å². The minimum absolute atomic E-state index is 0.118. The van der Waals surface area contributed by atoms with E-state index in [0.29, 0.717) is 20.8 Å². The highest BCUT2D eigenvalue weighted by molar-refractivity contribution is 7.17. The van der Waals surface area contributed by atoms with E-state index >= 15 is 0 Å². The predicted molar refractivity (Wildman–Crippen MR) is 109 cm³/mol. The highest BCUT2D eigenvalue weighted by atomic mass is 35.5. The van der Waals surface area contributed by atoms with Crippen molar-refractivity contribution in [3.8, 4) is 5.88 Å². The summed E-state index contributed by atoms with van der Waals surface area (Å²) in [7, 11) is 0. The Balaban J connectivity index is 1.78. The van der Waals surface area contributed by atoms with Crippen LogP contribution in [0.25, 0.3) is 4.96 Å². The normalized spacial score (nSPS) is 17.6. The van der Waals surface area contributed by atoms with Crippen molar-refractivity contribution in [1.82, 2.24) is 24.4 Å². The highest BCUT2D eigenvalue weighted by Crippen LogP contribution is 2.41. The number of aromatic nitrogens is 3. The Morgan fingerprint density at radius 3 is 2.56 bits per heavy atom. The second-order valence-electron chi connectivity index (χ2n) is 6.69. The molecule has 1 aromatic carbocycles. The van der Waals surface area contributed by atoms with Gasteiger partial charge in [0.1, 0.15) is 5.82 Å². The van der Waals surface area contributed by atoms with E-state index in [1.54, 1.807) is 0 Å². The van der Waals surface area contributed by atoms with Crippen LogP contribution in [0.5, 0.6) is 5.88 Å². The smallest absolute Gasteiger partial charge is 0.230 e. The van der Waals surface area contributed by atoms with Crippen LogP contribution in [0.4, 0.5) is 0 Å². The van der Waals surface area contributed by atoms with E-state index in [9.17, 15) is 5.11 Å². The van der Waals surface area contributed by atoms with Gasteiger partial charge in [-0.15, -0.1) is 5.10 Å². The Hall–Kier alpha value is -1.38. The summed E-state index contributed by atoms with van der Waals surface area (Å²) in [4.78, 5) is 10.7. The van der Waals surface area contributed by atoms with Gasteiger partial charge in [0, 0.05) is 26.2 Å². The topological polar surface area (TPSA) is 56.9 Å². The summed E-state index contributed by atoms with van der Waals surface area (Å²) in [5.41, 5.74) is 1.01. The molecule has 2 aromatic heterocycles. The highest BCUT2D eigenvalue weighted by Gasteiger charge is 2.31. The van der Waals surface area contributed by atoms with E-state index in [0.717, 1.165) is 43.2 Å². The second-order valence-corrected chi connectivity index (χ2v) is 8.51. The third kappa shape index (κ3) is 3.54. The Morgan fingerprint density at radius 1 is 1.19 bits per heavy atom. The van der Waals surface area contributed by atoms with E-state index in [1.165, 1.54) is 15.9 Å². The molecule has 0 aliphatic carbocycles. The number of hydrogen-bond acceptors (Lipinski definition) is 6. The number of fused-ring (bicyclic) bond motifs is 1. The standard InChI is InChI=1S/C18H21Cl2N5OS/c1-3-23-6-8-24(9-7-23)15(12-4-5-13(19)14(20)10-12)16-17(26)25-18(27-16)21-11(2)22-25/h4-5,10,15,26H,3,6-9H2,1-2H3/t15-/m1/s1. The van der Waals surface area contributed by atoms with Crippen LogP contribution in [0.1, 0.15) is 29.2 Å². The van der Waals surface area contributed by atoms with Crippen molar-refractivity contribution in [2.24, 2.45) is 0 Å². The molecule has 0 spiro atoms. The average molecular weight is 426 g/mol. The van der Waals surface area contributed by atoms with E-state index in [2.05, 4.69) is 26.8 Å². The number of nitrogens with zero attached hydrogens (tertiary/aromatic N) is 5. The lowest BCUT2D eigenvalue weighted by molar-refractivity contribution is 0.113. The molecule has 4 rings (SSSR count). The zero-order valence-electron chi connectivity index (χ0n) is 15.2. The lowest BCUT2D eigenvalue weighted by Crippen LogP contribution is -2.47. The van der Waals surface area contributed by atoms with Gasteiger partial charge < -0.3 is 10.0 Å². The molecule has 27 heavy (non-hydrogen) atoms. The van der Waals surface area contributed by atoms with Crippen LogP contribution < -0.4 is 0 Å². The lowest BCUT2D eigenvalue weighted by atomic mass is 10.0. The number of benzene rings is 1. The number of thiazole rings is 1. The quantitative estimate of drug-likeness (QED) is 0.687. The van der Waals surface area contributed by atoms with Gasteiger partial charge in [0.05, 0.1) is 21.0 Å². The maximum atomic E-state index is 10.9. The van der Waals surface area contributed by atoms with Crippen LogP contribution in [0.3, 0.4) is 0 Å². The summed E-state index contributed by atoms with van der Waals surface area (Å²) in [6, 6.07) is 5.56.